The number of aromatic nitrogens is 3. The molecule has 0 saturated heterocycles. The summed E-state index contributed by atoms with van der Waals surface area (Å²) in [6.07, 6.45) is 3.40. The van der Waals surface area contributed by atoms with Crippen molar-refractivity contribution in [3.63, 3.8) is 0 Å². The standard InChI is InChI=1S/C10H14N4O/c1-5-4-7(5)11-10(15)9-12-8(13-14-9)6-2-3-6/h5-7H,2-4H2,1H3,(H,11,15)(H,12,13,14). The summed E-state index contributed by atoms with van der Waals surface area (Å²) in [4.78, 5) is 15.8. The summed E-state index contributed by atoms with van der Waals surface area (Å²) in [5, 5.41) is 9.68. The minimum Gasteiger partial charge on any atom is -0.346 e. The topological polar surface area (TPSA) is 70.7 Å². The molecule has 5 heteroatoms. The van der Waals surface area contributed by atoms with Crippen LogP contribution < -0.4 is 5.32 Å². The minimum atomic E-state index is -0.146. The van der Waals surface area contributed by atoms with Gasteiger partial charge in [-0.25, -0.2) is 4.98 Å². The van der Waals surface area contributed by atoms with Crippen LogP contribution in [-0.4, -0.2) is 27.1 Å². The third-order valence-electron chi connectivity index (χ3n) is 3.10. The maximum atomic E-state index is 11.6. The van der Waals surface area contributed by atoms with Crippen LogP contribution in [0.25, 0.3) is 0 Å². The molecule has 3 rings (SSSR count). The van der Waals surface area contributed by atoms with Crippen LogP contribution in [0, 0.1) is 5.92 Å². The molecule has 2 fully saturated rings. The van der Waals surface area contributed by atoms with Crippen molar-refractivity contribution in [2.24, 2.45) is 5.92 Å². The monoisotopic (exact) mass is 206 g/mol. The SMILES string of the molecule is CC1CC1NC(=O)c1n[nH]c(C2CC2)n1. The molecule has 0 spiro atoms. The highest BCUT2D eigenvalue weighted by atomic mass is 16.2. The zero-order valence-electron chi connectivity index (χ0n) is 8.66. The normalized spacial score (nSPS) is 28.9. The molecule has 2 aliphatic rings. The molecule has 1 amide bonds. The van der Waals surface area contributed by atoms with E-state index in [4.69, 9.17) is 0 Å². The fourth-order valence-electron chi connectivity index (χ4n) is 1.67. The van der Waals surface area contributed by atoms with Crippen LogP contribution in [-0.2, 0) is 0 Å². The van der Waals surface area contributed by atoms with Gasteiger partial charge >= 0.3 is 0 Å². The van der Waals surface area contributed by atoms with Crippen LogP contribution in [0.4, 0.5) is 0 Å². The third kappa shape index (κ3) is 1.73. The number of hydrogen-bond acceptors (Lipinski definition) is 3. The lowest BCUT2D eigenvalue weighted by Gasteiger charge is -1.97. The van der Waals surface area contributed by atoms with Gasteiger partial charge in [0.05, 0.1) is 0 Å². The summed E-state index contributed by atoms with van der Waals surface area (Å²) in [5.41, 5.74) is 0. The molecule has 1 aromatic rings. The molecule has 0 bridgehead atoms. The summed E-state index contributed by atoms with van der Waals surface area (Å²) < 4.78 is 0. The van der Waals surface area contributed by atoms with Gasteiger partial charge in [0.15, 0.2) is 0 Å². The molecule has 0 aromatic carbocycles. The average Bonchev–Trinajstić information content (AvgIpc) is 3.11. The number of hydrogen-bond donors (Lipinski definition) is 2. The fraction of sp³-hybridized carbons (Fsp3) is 0.700. The fourth-order valence-corrected chi connectivity index (χ4v) is 1.67. The van der Waals surface area contributed by atoms with Crippen LogP contribution in [0.15, 0.2) is 0 Å². The summed E-state index contributed by atoms with van der Waals surface area (Å²) in [5.74, 6) is 2.13. The van der Waals surface area contributed by atoms with E-state index in [1.807, 2.05) is 0 Å². The first-order valence-electron chi connectivity index (χ1n) is 5.47. The Morgan fingerprint density at radius 2 is 2.27 bits per heavy atom. The third-order valence-corrected chi connectivity index (χ3v) is 3.10. The quantitative estimate of drug-likeness (QED) is 0.769. The Bertz CT molecular complexity index is 396. The van der Waals surface area contributed by atoms with Crippen LogP contribution >= 0.6 is 0 Å². The number of rotatable bonds is 3. The van der Waals surface area contributed by atoms with Crippen LogP contribution in [0.2, 0.25) is 0 Å². The van der Waals surface area contributed by atoms with Gasteiger partial charge in [0, 0.05) is 12.0 Å². The molecule has 0 aliphatic heterocycles. The average molecular weight is 206 g/mol. The van der Waals surface area contributed by atoms with E-state index in [1.54, 1.807) is 0 Å². The number of aromatic amines is 1. The number of carbonyl (C=O) groups is 1. The first-order chi connectivity index (χ1) is 7.24. The van der Waals surface area contributed by atoms with E-state index >= 15 is 0 Å². The van der Waals surface area contributed by atoms with Crippen LogP contribution in [0.1, 0.15) is 48.5 Å². The Balaban J connectivity index is 1.66. The van der Waals surface area contributed by atoms with E-state index in [9.17, 15) is 4.79 Å². The zero-order valence-corrected chi connectivity index (χ0v) is 8.66. The van der Waals surface area contributed by atoms with Crippen molar-refractivity contribution >= 4 is 5.91 Å². The first kappa shape index (κ1) is 8.88. The van der Waals surface area contributed by atoms with Gasteiger partial charge in [0.2, 0.25) is 5.82 Å². The number of H-pyrrole nitrogens is 1. The van der Waals surface area contributed by atoms with Crippen LogP contribution in [0.3, 0.4) is 0 Å². The van der Waals surface area contributed by atoms with Gasteiger partial charge in [0.25, 0.3) is 5.91 Å². The van der Waals surface area contributed by atoms with E-state index in [2.05, 4.69) is 27.4 Å². The number of nitrogens with zero attached hydrogens (tertiary/aromatic N) is 2. The smallest absolute Gasteiger partial charge is 0.291 e. The Hall–Kier alpha value is -1.39. The van der Waals surface area contributed by atoms with Gasteiger partial charge in [-0.05, 0) is 25.2 Å². The van der Waals surface area contributed by atoms with Gasteiger partial charge in [-0.3, -0.25) is 9.89 Å². The Morgan fingerprint density at radius 3 is 2.87 bits per heavy atom. The molecule has 80 valence electrons. The Kier molecular flexibility index (Phi) is 1.81. The summed E-state index contributed by atoms with van der Waals surface area (Å²) in [6, 6.07) is 0.334. The van der Waals surface area contributed by atoms with E-state index in [1.165, 1.54) is 0 Å². The molecule has 2 unspecified atom stereocenters. The second kappa shape index (κ2) is 3.05. The maximum absolute atomic E-state index is 11.6. The molecular formula is C10H14N4O. The number of amides is 1. The molecule has 1 heterocycles. The summed E-state index contributed by atoms with van der Waals surface area (Å²) in [7, 11) is 0. The lowest BCUT2D eigenvalue weighted by Crippen LogP contribution is -2.27. The molecule has 2 atom stereocenters. The van der Waals surface area contributed by atoms with Gasteiger partial charge in [-0.15, -0.1) is 5.10 Å². The predicted molar refractivity (Wildman–Crippen MR) is 53.4 cm³/mol. The van der Waals surface area contributed by atoms with Crippen molar-refractivity contribution in [3.05, 3.63) is 11.6 Å². The number of carbonyl (C=O) groups excluding carboxylic acids is 1. The Labute approximate surface area is 87.7 Å². The predicted octanol–water partition coefficient (Wildman–Crippen LogP) is 0.820. The van der Waals surface area contributed by atoms with Gasteiger partial charge in [-0.2, -0.15) is 0 Å². The molecule has 15 heavy (non-hydrogen) atoms. The zero-order chi connectivity index (χ0) is 10.4. The van der Waals surface area contributed by atoms with Crippen molar-refractivity contribution in [1.29, 1.82) is 0 Å². The van der Waals surface area contributed by atoms with Crippen LogP contribution in [0.5, 0.6) is 0 Å². The number of nitrogens with one attached hydrogen (secondary N) is 2. The molecule has 2 N–H and O–H groups in total. The highest BCUT2D eigenvalue weighted by Gasteiger charge is 2.35. The van der Waals surface area contributed by atoms with Crippen molar-refractivity contribution < 1.29 is 4.79 Å². The van der Waals surface area contributed by atoms with E-state index in [-0.39, 0.29) is 11.7 Å². The highest BCUT2D eigenvalue weighted by Crippen LogP contribution is 2.37. The van der Waals surface area contributed by atoms with Gasteiger partial charge in [-0.1, -0.05) is 6.92 Å². The maximum Gasteiger partial charge on any atom is 0.291 e. The van der Waals surface area contributed by atoms with E-state index < -0.39 is 0 Å². The van der Waals surface area contributed by atoms with E-state index in [0.29, 0.717) is 17.9 Å². The summed E-state index contributed by atoms with van der Waals surface area (Å²) in [6.45, 7) is 2.12. The minimum absolute atomic E-state index is 0.146. The molecule has 2 aliphatic carbocycles. The Morgan fingerprint density at radius 1 is 1.53 bits per heavy atom. The molecule has 1 aromatic heterocycles. The van der Waals surface area contributed by atoms with Crippen molar-refractivity contribution in [1.82, 2.24) is 20.5 Å². The lowest BCUT2D eigenvalue weighted by atomic mass is 10.4. The van der Waals surface area contributed by atoms with Crippen molar-refractivity contribution in [2.75, 3.05) is 0 Å². The molecular weight excluding hydrogens is 192 g/mol. The molecule has 2 saturated carbocycles. The second-order valence-electron chi connectivity index (χ2n) is 4.61. The highest BCUT2D eigenvalue weighted by molar-refractivity contribution is 5.90. The van der Waals surface area contributed by atoms with Crippen molar-refractivity contribution in [3.8, 4) is 0 Å². The largest absolute Gasteiger partial charge is 0.346 e. The van der Waals surface area contributed by atoms with Gasteiger partial charge in [0.1, 0.15) is 5.82 Å². The van der Waals surface area contributed by atoms with Crippen molar-refractivity contribution in [2.45, 2.75) is 38.1 Å². The molecule has 0 radical (unpaired) electrons. The lowest BCUT2D eigenvalue weighted by molar-refractivity contribution is 0.0939. The summed E-state index contributed by atoms with van der Waals surface area (Å²) >= 11 is 0. The molecule has 5 nitrogen and oxygen atoms in total. The van der Waals surface area contributed by atoms with E-state index in [0.717, 1.165) is 25.1 Å². The second-order valence-corrected chi connectivity index (χ2v) is 4.61. The first-order valence-corrected chi connectivity index (χ1v) is 5.47. The van der Waals surface area contributed by atoms with Gasteiger partial charge < -0.3 is 5.32 Å².